The number of hydrogen-bond donors (Lipinski definition) is 6. The van der Waals surface area contributed by atoms with Crippen molar-refractivity contribution in [3.05, 3.63) is 12.7 Å². The second-order valence-electron chi connectivity index (χ2n) is 5.97. The Morgan fingerprint density at radius 2 is 1.90 bits per heavy atom. The zero-order valence-electron chi connectivity index (χ0n) is 14.8. The molecule has 3 rings (SSSR count). The van der Waals surface area contributed by atoms with Crippen molar-refractivity contribution in [1.29, 1.82) is 0 Å². The molecule has 1 aliphatic heterocycles. The van der Waals surface area contributed by atoms with Gasteiger partial charge in [-0.3, -0.25) is 18.2 Å². The summed E-state index contributed by atoms with van der Waals surface area (Å²) >= 11 is 0. The lowest BCUT2D eigenvalue weighted by atomic mass is 10.1. The maximum atomic E-state index is 11.6. The van der Waals surface area contributed by atoms with Gasteiger partial charge in [0.15, 0.2) is 17.7 Å². The molecule has 0 bridgehead atoms. The van der Waals surface area contributed by atoms with Gasteiger partial charge in [0.2, 0.25) is 0 Å². The van der Waals surface area contributed by atoms with E-state index in [9.17, 15) is 27.5 Å². The lowest BCUT2D eigenvalue weighted by Crippen LogP contribution is -2.35. The van der Waals surface area contributed by atoms with Crippen molar-refractivity contribution in [3.8, 4) is 0 Å². The van der Waals surface area contributed by atoms with Crippen molar-refractivity contribution in [3.63, 3.8) is 0 Å². The molecule has 31 heavy (non-hydrogen) atoms. The number of nitrogen functional groups attached to an aromatic ring is 1. The van der Waals surface area contributed by atoms with Crippen LogP contribution < -0.4 is 5.73 Å². The van der Waals surface area contributed by atoms with Gasteiger partial charge in [0.05, 0.1) is 12.9 Å². The van der Waals surface area contributed by atoms with Gasteiger partial charge in [0, 0.05) is 0 Å². The molecule has 0 aliphatic carbocycles. The molecule has 5 atom stereocenters. The highest BCUT2D eigenvalue weighted by Crippen LogP contribution is 2.48. The zero-order chi connectivity index (χ0) is 23.2. The summed E-state index contributed by atoms with van der Waals surface area (Å²) in [6, 6.07) is 0. The number of aliphatic hydroxyl groups excluding tert-OH is 1. The standard InChI is InChI=1S/C10H15N5O13P2S/c11-8-5-9(13-2-12-8)15(3-14-5)10-6(16)7(27-29(17,18)19)4(26-10)1-25-30(20,21)28-31(22,23)24/h2-4,6-7,10,16H,1H2,(H,20,21)(H2,11,12,13)(H2,17,18,19)(H,22,23,24)/t4-,6-,7+,10-/m1/s1. The van der Waals surface area contributed by atoms with Gasteiger partial charge in [-0.15, -0.1) is 3.97 Å². The third-order valence-electron chi connectivity index (χ3n) is 3.82. The SMILES string of the molecule is Nc1ncnc2c1ncn2[C@@H]1O[C@H](COP(=O)(O)OS(=O)(=O)O)[C@H](OP(=O)(O)O)[C@H]1O. The van der Waals surface area contributed by atoms with Crippen LogP contribution in [0.25, 0.3) is 11.2 Å². The maximum Gasteiger partial charge on any atom is 0.488 e. The van der Waals surface area contributed by atoms with Crippen LogP contribution in [0.4, 0.5) is 5.82 Å². The fourth-order valence-corrected chi connectivity index (χ4v) is 4.77. The lowest BCUT2D eigenvalue weighted by Gasteiger charge is -2.21. The number of nitrogens with two attached hydrogens (primary N) is 1. The Hall–Kier alpha value is -1.60. The van der Waals surface area contributed by atoms with E-state index in [-0.39, 0.29) is 17.0 Å². The Bertz CT molecular complexity index is 1170. The number of ether oxygens (including phenoxy) is 1. The normalized spacial score (nSPS) is 26.9. The first kappa shape index (κ1) is 24.1. The fraction of sp³-hybridized carbons (Fsp3) is 0.500. The van der Waals surface area contributed by atoms with Gasteiger partial charge in [-0.25, -0.2) is 24.1 Å². The van der Waals surface area contributed by atoms with Gasteiger partial charge in [-0.2, -0.15) is 8.42 Å². The van der Waals surface area contributed by atoms with Crippen LogP contribution in [-0.4, -0.2) is 77.2 Å². The van der Waals surface area contributed by atoms with Gasteiger partial charge in [0.1, 0.15) is 30.2 Å². The first-order chi connectivity index (χ1) is 14.2. The Kier molecular flexibility index (Phi) is 6.51. The second kappa shape index (κ2) is 8.39. The van der Waals surface area contributed by atoms with Crippen LogP contribution in [-0.2, 0) is 37.3 Å². The van der Waals surface area contributed by atoms with E-state index in [4.69, 9.17) is 24.8 Å². The van der Waals surface area contributed by atoms with Crippen LogP contribution in [0.3, 0.4) is 0 Å². The zero-order valence-corrected chi connectivity index (χ0v) is 17.4. The molecule has 1 fully saturated rings. The van der Waals surface area contributed by atoms with Crippen molar-refractivity contribution >= 4 is 43.0 Å². The van der Waals surface area contributed by atoms with Crippen LogP contribution in [0.5, 0.6) is 0 Å². The molecule has 21 heteroatoms. The fourth-order valence-electron chi connectivity index (χ4n) is 2.74. The molecule has 1 aliphatic rings. The summed E-state index contributed by atoms with van der Waals surface area (Å²) in [6.45, 7) is -1.06. The molecular weight excluding hydrogens is 492 g/mol. The Morgan fingerprint density at radius 1 is 1.23 bits per heavy atom. The number of aliphatic hydroxyl groups is 1. The van der Waals surface area contributed by atoms with Crippen LogP contribution in [0.2, 0.25) is 0 Å². The van der Waals surface area contributed by atoms with E-state index in [1.807, 2.05) is 0 Å². The van der Waals surface area contributed by atoms with E-state index < -0.39 is 57.2 Å². The number of nitrogens with zero attached hydrogens (tertiary/aromatic N) is 4. The van der Waals surface area contributed by atoms with E-state index in [2.05, 4.69) is 28.0 Å². The van der Waals surface area contributed by atoms with Gasteiger partial charge < -0.3 is 30.3 Å². The predicted octanol–water partition coefficient (Wildman–Crippen LogP) is -1.92. The first-order valence-corrected chi connectivity index (χ1v) is 12.2. The van der Waals surface area contributed by atoms with Gasteiger partial charge in [0.25, 0.3) is 0 Å². The molecule has 2 aromatic heterocycles. The van der Waals surface area contributed by atoms with E-state index in [1.165, 1.54) is 0 Å². The van der Waals surface area contributed by atoms with Crippen molar-refractivity contribution in [2.75, 3.05) is 12.3 Å². The third-order valence-corrected chi connectivity index (χ3v) is 6.32. The number of phosphoric acid groups is 2. The number of hydrogen-bond acceptors (Lipinski definition) is 13. The molecule has 7 N–H and O–H groups in total. The molecule has 0 spiro atoms. The second-order valence-corrected chi connectivity index (χ2v) is 9.80. The Balaban J connectivity index is 1.88. The number of anilines is 1. The van der Waals surface area contributed by atoms with Crippen LogP contribution in [0.15, 0.2) is 12.7 Å². The molecule has 0 radical (unpaired) electrons. The average Bonchev–Trinajstić information content (AvgIpc) is 3.13. The van der Waals surface area contributed by atoms with E-state index in [0.717, 1.165) is 17.2 Å². The quantitative estimate of drug-likeness (QED) is 0.168. The monoisotopic (exact) mass is 507 g/mol. The number of imidazole rings is 1. The summed E-state index contributed by atoms with van der Waals surface area (Å²) in [6.07, 6.45) is -4.54. The minimum atomic E-state index is -5.39. The van der Waals surface area contributed by atoms with Crippen molar-refractivity contribution in [2.24, 2.45) is 0 Å². The lowest BCUT2D eigenvalue weighted by molar-refractivity contribution is -0.0499. The molecule has 3 heterocycles. The number of aromatic nitrogens is 4. The Labute approximate surface area is 172 Å². The molecule has 0 saturated carbocycles. The summed E-state index contributed by atoms with van der Waals surface area (Å²) in [5.41, 5.74) is 5.85. The number of fused-ring (bicyclic) bond motifs is 1. The Morgan fingerprint density at radius 3 is 2.52 bits per heavy atom. The molecule has 0 amide bonds. The maximum absolute atomic E-state index is 11.6. The summed E-state index contributed by atoms with van der Waals surface area (Å²) < 4.78 is 71.5. The van der Waals surface area contributed by atoms with Crippen molar-refractivity contribution < 1.29 is 59.6 Å². The molecule has 18 nitrogen and oxygen atoms in total. The average molecular weight is 507 g/mol. The molecule has 0 aromatic carbocycles. The third kappa shape index (κ3) is 5.80. The van der Waals surface area contributed by atoms with Gasteiger partial charge in [-0.05, 0) is 0 Å². The summed E-state index contributed by atoms with van der Waals surface area (Å²) in [5, 5.41) is 10.5. The number of phosphoric ester groups is 2. The predicted molar refractivity (Wildman–Crippen MR) is 95.0 cm³/mol. The van der Waals surface area contributed by atoms with E-state index in [1.54, 1.807) is 0 Å². The minimum Gasteiger partial charge on any atom is -0.386 e. The van der Waals surface area contributed by atoms with E-state index >= 15 is 0 Å². The molecule has 174 valence electrons. The summed E-state index contributed by atoms with van der Waals surface area (Å²) in [7, 11) is -16.0. The summed E-state index contributed by atoms with van der Waals surface area (Å²) in [5.74, 6) is -0.0114. The molecule has 1 saturated heterocycles. The highest BCUT2D eigenvalue weighted by Gasteiger charge is 2.49. The van der Waals surface area contributed by atoms with Crippen LogP contribution in [0.1, 0.15) is 6.23 Å². The topological polar surface area (TPSA) is 276 Å². The molecule has 2 aromatic rings. The largest absolute Gasteiger partial charge is 0.488 e. The smallest absolute Gasteiger partial charge is 0.386 e. The van der Waals surface area contributed by atoms with Gasteiger partial charge in [-0.1, -0.05) is 0 Å². The van der Waals surface area contributed by atoms with Crippen LogP contribution in [0, 0.1) is 0 Å². The minimum absolute atomic E-state index is 0.0114. The molecular formula is C10H15N5O13P2S. The number of rotatable bonds is 8. The van der Waals surface area contributed by atoms with E-state index in [0.29, 0.717) is 0 Å². The van der Waals surface area contributed by atoms with Crippen LogP contribution >= 0.6 is 15.6 Å². The highest BCUT2D eigenvalue weighted by atomic mass is 32.3. The highest BCUT2D eigenvalue weighted by molar-refractivity contribution is 7.85. The first-order valence-electron chi connectivity index (χ1n) is 7.83. The molecule has 1 unspecified atom stereocenters. The van der Waals surface area contributed by atoms with Crippen molar-refractivity contribution in [2.45, 2.75) is 24.5 Å². The van der Waals surface area contributed by atoms with Gasteiger partial charge >= 0.3 is 26.0 Å². The van der Waals surface area contributed by atoms with Crippen molar-refractivity contribution in [1.82, 2.24) is 19.5 Å². The summed E-state index contributed by atoms with van der Waals surface area (Å²) in [4.78, 5) is 39.1.